The molecule has 0 saturated heterocycles. The lowest BCUT2D eigenvalue weighted by Crippen LogP contribution is -2.74. The predicted octanol–water partition coefficient (Wildman–Crippen LogP) is 16.4. The fraction of sp³-hybridized carbons (Fsp3) is 0. The van der Waals surface area contributed by atoms with Gasteiger partial charge in [0.1, 0.15) is 0 Å². The third kappa shape index (κ3) is 6.61. The molecular weight excluding hydrogens is 967 g/mol. The highest BCUT2D eigenvalue weighted by Gasteiger charge is 2.41. The van der Waals surface area contributed by atoms with Gasteiger partial charge in [0, 0.05) is 69.6 Å². The van der Waals surface area contributed by atoms with Gasteiger partial charge in [-0.2, -0.15) is 0 Å². The van der Waals surface area contributed by atoms with E-state index in [1.54, 1.807) is 0 Å². The van der Waals surface area contributed by atoms with Crippen LogP contribution in [0, 0.1) is 0 Å². The number of para-hydroxylation sites is 3. The molecule has 360 valence electrons. The van der Waals surface area contributed by atoms with E-state index in [0.29, 0.717) is 0 Å². The number of thiophene rings is 1. The van der Waals surface area contributed by atoms with E-state index in [4.69, 9.17) is 0 Å². The zero-order valence-corrected chi connectivity index (χ0v) is 43.7. The Morgan fingerprint density at radius 2 is 0.597 bits per heavy atom. The molecule has 0 aliphatic heterocycles. The van der Waals surface area contributed by atoms with Crippen LogP contribution in [0.2, 0.25) is 0 Å². The summed E-state index contributed by atoms with van der Waals surface area (Å²) in [5, 5.41) is 15.4. The van der Waals surface area contributed by atoms with Gasteiger partial charge in [-0.1, -0.05) is 194 Å². The van der Waals surface area contributed by atoms with Crippen LogP contribution >= 0.6 is 11.3 Å². The topological polar surface area (TPSA) is 14.8 Å². The molecule has 0 unspecified atom stereocenters. The first kappa shape index (κ1) is 43.8. The Labute approximate surface area is 450 Å². The largest absolute Gasteiger partial charge is 0.309 e. The van der Waals surface area contributed by atoms with Crippen molar-refractivity contribution in [3.8, 4) is 28.2 Å². The smallest absolute Gasteiger partial charge is 0.179 e. The third-order valence-corrected chi connectivity index (χ3v) is 22.3. The predicted molar refractivity (Wildman–Crippen MR) is 331 cm³/mol. The molecule has 0 aliphatic rings. The van der Waals surface area contributed by atoms with Crippen molar-refractivity contribution in [2.24, 2.45) is 0 Å². The Morgan fingerprint density at radius 1 is 0.221 bits per heavy atom. The minimum atomic E-state index is -2.79. The molecule has 12 aromatic carbocycles. The Hall–Kier alpha value is -9.52. The second-order valence-corrected chi connectivity index (χ2v) is 25.3. The van der Waals surface area contributed by atoms with Crippen LogP contribution in [0.3, 0.4) is 0 Å². The number of fused-ring (bicyclic) bond motifs is 12. The minimum absolute atomic E-state index is 1.13. The average Bonchev–Trinajstić information content (AvgIpc) is 4.30. The van der Waals surface area contributed by atoms with E-state index >= 15 is 0 Å². The highest BCUT2D eigenvalue weighted by molar-refractivity contribution is 7.25. The average molecular weight is 1010 g/mol. The van der Waals surface area contributed by atoms with Gasteiger partial charge in [-0.05, 0) is 123 Å². The van der Waals surface area contributed by atoms with Gasteiger partial charge < -0.3 is 13.7 Å². The SMILES string of the molecule is c1ccc([Si](c2ccccc2)(c2ccccc2)c2cccc(-n3c4ccccc4c4cc(-n5c6ccc(-c7ccc8c(c7)sc7ccccc78)cc6c6cc(-n7c8ccccc8c8ccccc87)ccc65)ccc43)c2)cc1. The van der Waals surface area contributed by atoms with Gasteiger partial charge in [0.15, 0.2) is 8.07 Å². The molecule has 4 aromatic heterocycles. The standard InChI is InChI=1S/C72H47N3SSi/c1-4-20-53(21-5-1)77(54-22-6-2-7-23-54,55-24-8-3-9-25-55)56-26-18-19-50(45-56)73-67-33-16-12-29-59(67)63-46-51(37-41-69(63)73)75-68-40-36-48(49-35-39-61-60-30-13-17-34-71(60)76-72(61)44-49)43-62(68)64-47-52(38-42-70(64)75)74-65-31-14-10-27-57(65)58-28-11-15-32-66(58)74/h1-47H. The van der Waals surface area contributed by atoms with Gasteiger partial charge in [0.2, 0.25) is 0 Å². The number of hydrogen-bond donors (Lipinski definition) is 0. The summed E-state index contributed by atoms with van der Waals surface area (Å²) in [5.41, 5.74) is 13.0. The molecule has 0 N–H and O–H groups in total. The van der Waals surface area contributed by atoms with E-state index in [2.05, 4.69) is 299 Å². The van der Waals surface area contributed by atoms with Crippen molar-refractivity contribution in [2.45, 2.75) is 0 Å². The lowest BCUT2D eigenvalue weighted by atomic mass is 10.0. The van der Waals surface area contributed by atoms with Crippen molar-refractivity contribution < 1.29 is 0 Å². The van der Waals surface area contributed by atoms with E-state index in [-0.39, 0.29) is 0 Å². The molecule has 0 radical (unpaired) electrons. The van der Waals surface area contributed by atoms with Crippen molar-refractivity contribution in [1.29, 1.82) is 0 Å². The Balaban J connectivity index is 0.906. The maximum Gasteiger partial charge on any atom is 0.179 e. The van der Waals surface area contributed by atoms with Gasteiger partial charge in [-0.25, -0.2) is 0 Å². The molecule has 0 bridgehead atoms. The van der Waals surface area contributed by atoms with E-state index in [0.717, 1.165) is 17.1 Å². The van der Waals surface area contributed by atoms with Crippen LogP contribution in [0.15, 0.2) is 285 Å². The van der Waals surface area contributed by atoms with Gasteiger partial charge in [0.05, 0.1) is 33.1 Å². The number of nitrogens with zero attached hydrogens (tertiary/aromatic N) is 3. The molecule has 77 heavy (non-hydrogen) atoms. The Morgan fingerprint density at radius 3 is 1.16 bits per heavy atom. The molecule has 16 rings (SSSR count). The van der Waals surface area contributed by atoms with E-state index in [9.17, 15) is 0 Å². The van der Waals surface area contributed by atoms with Crippen LogP contribution in [-0.2, 0) is 0 Å². The summed E-state index contributed by atoms with van der Waals surface area (Å²) in [6.45, 7) is 0. The van der Waals surface area contributed by atoms with Gasteiger partial charge in [0.25, 0.3) is 0 Å². The van der Waals surface area contributed by atoms with Crippen LogP contribution in [0.5, 0.6) is 0 Å². The first-order chi connectivity index (χ1) is 38.2. The zero-order valence-electron chi connectivity index (χ0n) is 41.9. The van der Waals surface area contributed by atoms with Crippen LogP contribution < -0.4 is 20.7 Å². The summed E-state index contributed by atoms with van der Waals surface area (Å²) in [6, 6.07) is 107. The minimum Gasteiger partial charge on any atom is -0.309 e. The molecule has 5 heteroatoms. The summed E-state index contributed by atoms with van der Waals surface area (Å²) >= 11 is 1.87. The molecule has 0 fully saturated rings. The normalized spacial score (nSPS) is 12.2. The quantitative estimate of drug-likeness (QED) is 0.106. The Bertz CT molecular complexity index is 4840. The summed E-state index contributed by atoms with van der Waals surface area (Å²) in [5.74, 6) is 0. The molecule has 4 heterocycles. The molecule has 0 spiro atoms. The monoisotopic (exact) mass is 1010 g/mol. The first-order valence-electron chi connectivity index (χ1n) is 26.5. The van der Waals surface area contributed by atoms with Crippen molar-refractivity contribution in [3.63, 3.8) is 0 Å². The first-order valence-corrected chi connectivity index (χ1v) is 29.3. The summed E-state index contributed by atoms with van der Waals surface area (Å²) < 4.78 is 10.0. The summed E-state index contributed by atoms with van der Waals surface area (Å²) in [6.07, 6.45) is 0. The van der Waals surface area contributed by atoms with Gasteiger partial charge in [-0.3, -0.25) is 0 Å². The van der Waals surface area contributed by atoms with Crippen LogP contribution in [-0.4, -0.2) is 21.8 Å². The van der Waals surface area contributed by atoms with Crippen molar-refractivity contribution >= 4 is 126 Å². The number of rotatable bonds is 8. The molecule has 16 aromatic rings. The van der Waals surface area contributed by atoms with Gasteiger partial charge in [-0.15, -0.1) is 11.3 Å². The third-order valence-electron chi connectivity index (χ3n) is 16.4. The van der Waals surface area contributed by atoms with Crippen molar-refractivity contribution in [1.82, 2.24) is 13.7 Å². The lowest BCUT2D eigenvalue weighted by molar-refractivity contribution is 1.16. The lowest BCUT2D eigenvalue weighted by Gasteiger charge is -2.34. The fourth-order valence-corrected chi connectivity index (χ4v) is 19.0. The molecule has 0 atom stereocenters. The molecular formula is C72H47N3SSi. The van der Waals surface area contributed by atoms with Crippen molar-refractivity contribution in [3.05, 3.63) is 285 Å². The second-order valence-electron chi connectivity index (χ2n) is 20.4. The van der Waals surface area contributed by atoms with E-state index < -0.39 is 8.07 Å². The van der Waals surface area contributed by atoms with Crippen LogP contribution in [0.4, 0.5) is 0 Å². The molecule has 0 saturated carbocycles. The van der Waals surface area contributed by atoms with E-state index in [1.165, 1.54) is 117 Å². The molecule has 3 nitrogen and oxygen atoms in total. The Kier molecular flexibility index (Phi) is 9.83. The fourth-order valence-electron chi connectivity index (χ4n) is 13.0. The summed E-state index contributed by atoms with van der Waals surface area (Å²) in [4.78, 5) is 0. The van der Waals surface area contributed by atoms with E-state index in [1.807, 2.05) is 11.3 Å². The molecule has 0 amide bonds. The summed E-state index contributed by atoms with van der Waals surface area (Å²) in [7, 11) is -2.79. The molecule has 0 aliphatic carbocycles. The maximum absolute atomic E-state index is 2.79. The van der Waals surface area contributed by atoms with Crippen LogP contribution in [0.1, 0.15) is 0 Å². The van der Waals surface area contributed by atoms with Gasteiger partial charge >= 0.3 is 0 Å². The highest BCUT2D eigenvalue weighted by Crippen LogP contribution is 2.42. The zero-order chi connectivity index (χ0) is 50.6. The van der Waals surface area contributed by atoms with Crippen LogP contribution in [0.25, 0.3) is 114 Å². The number of aromatic nitrogens is 3. The number of benzene rings is 12. The highest BCUT2D eigenvalue weighted by atomic mass is 32.1. The maximum atomic E-state index is 2.49. The number of hydrogen-bond acceptors (Lipinski definition) is 1. The second kappa shape index (κ2) is 17.3. The van der Waals surface area contributed by atoms with Crippen molar-refractivity contribution in [2.75, 3.05) is 0 Å².